The zero-order valence-electron chi connectivity index (χ0n) is 16.3. The van der Waals surface area contributed by atoms with Crippen molar-refractivity contribution in [3.63, 3.8) is 0 Å². The second-order valence-corrected chi connectivity index (χ2v) is 8.86. The molecule has 28 heavy (non-hydrogen) atoms. The van der Waals surface area contributed by atoms with Crippen LogP contribution in [0.1, 0.15) is 39.9 Å². The Balaban J connectivity index is 1.70. The fourth-order valence-electron chi connectivity index (χ4n) is 3.40. The fraction of sp³-hybridized carbons (Fsp3) is 0.381. The Hall–Kier alpha value is -2.22. The van der Waals surface area contributed by atoms with Crippen LogP contribution in [0.3, 0.4) is 0 Å². The lowest BCUT2D eigenvalue weighted by atomic mass is 10.1. The van der Waals surface area contributed by atoms with Crippen molar-refractivity contribution in [1.29, 1.82) is 0 Å². The SMILES string of the molecule is COC(=O)c1cc(S(=O)(=O)NCc2cccc(CN3CCCC3)c2)ccc1C. The lowest BCUT2D eigenvalue weighted by Gasteiger charge is -2.15. The van der Waals surface area contributed by atoms with Gasteiger partial charge in [0.2, 0.25) is 10.0 Å². The highest BCUT2D eigenvalue weighted by Gasteiger charge is 2.18. The van der Waals surface area contributed by atoms with E-state index in [-0.39, 0.29) is 17.0 Å². The number of nitrogens with zero attached hydrogens (tertiary/aromatic N) is 1. The van der Waals surface area contributed by atoms with Crippen LogP contribution in [0.25, 0.3) is 0 Å². The Morgan fingerprint density at radius 2 is 1.82 bits per heavy atom. The standard InChI is InChI=1S/C21H26N2O4S/c1-16-8-9-19(13-20(16)21(24)27-2)28(25,26)22-14-17-6-5-7-18(12-17)15-23-10-3-4-11-23/h5-9,12-13,22H,3-4,10-11,14-15H2,1-2H3. The van der Waals surface area contributed by atoms with Crippen molar-refractivity contribution in [2.45, 2.75) is 37.8 Å². The highest BCUT2D eigenvalue weighted by Crippen LogP contribution is 2.18. The molecule has 7 heteroatoms. The van der Waals surface area contributed by atoms with Crippen molar-refractivity contribution >= 4 is 16.0 Å². The highest BCUT2D eigenvalue weighted by atomic mass is 32.2. The van der Waals surface area contributed by atoms with Crippen molar-refractivity contribution in [2.75, 3.05) is 20.2 Å². The number of ether oxygens (including phenoxy) is 1. The lowest BCUT2D eigenvalue weighted by Crippen LogP contribution is -2.24. The van der Waals surface area contributed by atoms with E-state index in [1.807, 2.05) is 18.2 Å². The predicted molar refractivity (Wildman–Crippen MR) is 107 cm³/mol. The molecule has 6 nitrogen and oxygen atoms in total. The van der Waals surface area contributed by atoms with Crippen LogP contribution in [0, 0.1) is 6.92 Å². The van der Waals surface area contributed by atoms with E-state index in [4.69, 9.17) is 4.74 Å². The summed E-state index contributed by atoms with van der Waals surface area (Å²) in [5.74, 6) is -0.552. The molecule has 0 atom stereocenters. The maximum Gasteiger partial charge on any atom is 0.338 e. The molecule has 1 N–H and O–H groups in total. The van der Waals surface area contributed by atoms with Gasteiger partial charge in [0.25, 0.3) is 0 Å². The van der Waals surface area contributed by atoms with Gasteiger partial charge in [0.05, 0.1) is 17.6 Å². The fourth-order valence-corrected chi connectivity index (χ4v) is 4.44. The molecule has 0 saturated carbocycles. The summed E-state index contributed by atoms with van der Waals surface area (Å²) in [5.41, 5.74) is 3.00. The van der Waals surface area contributed by atoms with Crippen molar-refractivity contribution in [3.8, 4) is 0 Å². The molecule has 0 spiro atoms. The molecule has 2 aromatic rings. The van der Waals surface area contributed by atoms with Crippen LogP contribution in [0.2, 0.25) is 0 Å². The van der Waals surface area contributed by atoms with Gasteiger partial charge in [0.15, 0.2) is 0 Å². The first-order chi connectivity index (χ1) is 13.4. The van der Waals surface area contributed by atoms with Gasteiger partial charge in [-0.15, -0.1) is 0 Å². The summed E-state index contributed by atoms with van der Waals surface area (Å²) in [7, 11) is -2.47. The van der Waals surface area contributed by atoms with E-state index in [0.29, 0.717) is 5.56 Å². The van der Waals surface area contributed by atoms with E-state index in [1.54, 1.807) is 13.0 Å². The lowest BCUT2D eigenvalue weighted by molar-refractivity contribution is 0.0599. The average molecular weight is 403 g/mol. The van der Waals surface area contributed by atoms with Gasteiger partial charge in [-0.25, -0.2) is 17.9 Å². The normalized spacial score (nSPS) is 14.9. The zero-order valence-corrected chi connectivity index (χ0v) is 17.1. The summed E-state index contributed by atoms with van der Waals surface area (Å²) in [6, 6.07) is 12.4. The number of carbonyl (C=O) groups excluding carboxylic acids is 1. The summed E-state index contributed by atoms with van der Waals surface area (Å²) in [6.45, 7) is 5.06. The molecule has 0 amide bonds. The quantitative estimate of drug-likeness (QED) is 0.721. The Morgan fingerprint density at radius 1 is 1.11 bits per heavy atom. The van der Waals surface area contributed by atoms with Gasteiger partial charge in [-0.2, -0.15) is 0 Å². The smallest absolute Gasteiger partial charge is 0.338 e. The average Bonchev–Trinajstić information content (AvgIpc) is 3.19. The molecule has 1 aliphatic heterocycles. The van der Waals surface area contributed by atoms with E-state index in [2.05, 4.69) is 15.7 Å². The molecule has 0 aliphatic carbocycles. The van der Waals surface area contributed by atoms with E-state index in [0.717, 1.165) is 25.2 Å². The molecule has 1 saturated heterocycles. The van der Waals surface area contributed by atoms with Gasteiger partial charge < -0.3 is 4.74 Å². The van der Waals surface area contributed by atoms with E-state index in [9.17, 15) is 13.2 Å². The molecule has 0 bridgehead atoms. The Kier molecular flexibility index (Phi) is 6.49. The van der Waals surface area contributed by atoms with Crippen LogP contribution in [-0.2, 0) is 27.8 Å². The van der Waals surface area contributed by atoms with Crippen LogP contribution in [0.4, 0.5) is 0 Å². The topological polar surface area (TPSA) is 75.7 Å². The second-order valence-electron chi connectivity index (χ2n) is 7.10. The molecule has 2 aromatic carbocycles. The van der Waals surface area contributed by atoms with Gasteiger partial charge in [-0.05, 0) is 61.7 Å². The number of rotatable bonds is 7. The van der Waals surface area contributed by atoms with Crippen LogP contribution in [-0.4, -0.2) is 39.5 Å². The summed E-state index contributed by atoms with van der Waals surface area (Å²) in [4.78, 5) is 14.3. The molecule has 150 valence electrons. The van der Waals surface area contributed by atoms with E-state index < -0.39 is 16.0 Å². The molecule has 0 unspecified atom stereocenters. The molecule has 0 aromatic heterocycles. The first kappa shape index (κ1) is 20.5. The third-order valence-electron chi connectivity index (χ3n) is 4.99. The van der Waals surface area contributed by atoms with E-state index >= 15 is 0 Å². The maximum atomic E-state index is 12.7. The van der Waals surface area contributed by atoms with Crippen LogP contribution < -0.4 is 4.72 Å². The minimum Gasteiger partial charge on any atom is -0.465 e. The highest BCUT2D eigenvalue weighted by molar-refractivity contribution is 7.89. The molecular formula is C21H26N2O4S. The zero-order chi connectivity index (χ0) is 20.1. The predicted octanol–water partition coefficient (Wildman–Crippen LogP) is 2.86. The van der Waals surface area contributed by atoms with Crippen LogP contribution in [0.5, 0.6) is 0 Å². The first-order valence-corrected chi connectivity index (χ1v) is 10.9. The number of likely N-dealkylation sites (tertiary alicyclic amines) is 1. The molecular weight excluding hydrogens is 376 g/mol. The number of carbonyl (C=O) groups is 1. The second kappa shape index (κ2) is 8.86. The molecule has 0 radical (unpaired) electrons. The third-order valence-corrected chi connectivity index (χ3v) is 6.39. The maximum absolute atomic E-state index is 12.7. The number of nitrogens with one attached hydrogen (secondary N) is 1. The number of esters is 1. The van der Waals surface area contributed by atoms with Gasteiger partial charge in [-0.3, -0.25) is 4.90 Å². The largest absolute Gasteiger partial charge is 0.465 e. The Bertz CT molecular complexity index is 951. The molecule has 1 heterocycles. The van der Waals surface area contributed by atoms with Gasteiger partial charge in [-0.1, -0.05) is 30.3 Å². The molecule has 3 rings (SSSR count). The van der Waals surface area contributed by atoms with Gasteiger partial charge >= 0.3 is 5.97 Å². The molecule has 1 aliphatic rings. The van der Waals surface area contributed by atoms with Crippen LogP contribution in [0.15, 0.2) is 47.4 Å². The molecule has 1 fully saturated rings. The number of benzene rings is 2. The Morgan fingerprint density at radius 3 is 2.54 bits per heavy atom. The van der Waals surface area contributed by atoms with E-state index in [1.165, 1.54) is 37.6 Å². The van der Waals surface area contributed by atoms with Gasteiger partial charge in [0.1, 0.15) is 0 Å². The van der Waals surface area contributed by atoms with Crippen LogP contribution >= 0.6 is 0 Å². The number of methoxy groups -OCH3 is 1. The number of hydrogen-bond donors (Lipinski definition) is 1. The van der Waals surface area contributed by atoms with Crippen molar-refractivity contribution in [2.24, 2.45) is 0 Å². The summed E-state index contributed by atoms with van der Waals surface area (Å²) in [6.07, 6.45) is 2.48. The minimum absolute atomic E-state index is 0.0479. The number of aryl methyl sites for hydroxylation is 1. The summed E-state index contributed by atoms with van der Waals surface area (Å²) >= 11 is 0. The summed E-state index contributed by atoms with van der Waals surface area (Å²) < 4.78 is 32.7. The number of hydrogen-bond acceptors (Lipinski definition) is 5. The monoisotopic (exact) mass is 402 g/mol. The number of sulfonamides is 1. The van der Waals surface area contributed by atoms with Gasteiger partial charge in [0, 0.05) is 13.1 Å². The minimum atomic E-state index is -3.74. The Labute approximate surface area is 166 Å². The third kappa shape index (κ3) is 4.98. The first-order valence-electron chi connectivity index (χ1n) is 9.38. The van der Waals surface area contributed by atoms with Crippen molar-refractivity contribution in [1.82, 2.24) is 9.62 Å². The summed E-state index contributed by atoms with van der Waals surface area (Å²) in [5, 5.41) is 0. The van der Waals surface area contributed by atoms with Crippen molar-refractivity contribution < 1.29 is 17.9 Å². The van der Waals surface area contributed by atoms with Crippen molar-refractivity contribution in [3.05, 3.63) is 64.7 Å².